The van der Waals surface area contributed by atoms with Crippen LogP contribution in [-0.2, 0) is 0 Å². The number of carbonyl (C=O) groups excluding carboxylic acids is 3. The largest absolute Gasteiger partial charge is 0.322 e. The minimum absolute atomic E-state index is 0.0935. The van der Waals surface area contributed by atoms with E-state index in [1.807, 2.05) is 31.2 Å². The Hall–Kier alpha value is -3.80. The van der Waals surface area contributed by atoms with E-state index >= 15 is 0 Å². The van der Waals surface area contributed by atoms with Crippen molar-refractivity contribution in [3.63, 3.8) is 0 Å². The normalized spacial score (nSPS) is 10.2. The highest BCUT2D eigenvalue weighted by atomic mass is 16.2. The fourth-order valence-corrected chi connectivity index (χ4v) is 2.55. The Kier molecular flexibility index (Phi) is 5.60. The van der Waals surface area contributed by atoms with E-state index < -0.39 is 5.91 Å². The van der Waals surface area contributed by atoms with Crippen molar-refractivity contribution in [2.75, 3.05) is 10.6 Å². The molecule has 140 valence electrons. The highest BCUT2D eigenvalue weighted by Crippen LogP contribution is 2.14. The van der Waals surface area contributed by atoms with Crippen LogP contribution in [0.2, 0.25) is 0 Å². The monoisotopic (exact) mass is 373 g/mol. The fourth-order valence-electron chi connectivity index (χ4n) is 2.55. The molecule has 0 unspecified atom stereocenters. The number of anilines is 2. The zero-order valence-electron chi connectivity index (χ0n) is 15.5. The quantitative estimate of drug-likeness (QED) is 0.659. The number of nitrogens with zero attached hydrogens (tertiary/aromatic N) is 1. The Balaban J connectivity index is 1.74. The maximum atomic E-state index is 12.5. The molecule has 0 atom stereocenters. The molecule has 0 bridgehead atoms. The van der Waals surface area contributed by atoms with Crippen LogP contribution in [0.5, 0.6) is 0 Å². The van der Waals surface area contributed by atoms with Crippen molar-refractivity contribution in [1.29, 1.82) is 0 Å². The predicted molar refractivity (Wildman–Crippen MR) is 108 cm³/mol. The summed E-state index contributed by atoms with van der Waals surface area (Å²) in [6.45, 7) is 3.42. The average Bonchev–Trinajstić information content (AvgIpc) is 2.70. The van der Waals surface area contributed by atoms with E-state index in [1.54, 1.807) is 24.3 Å². The standard InChI is InChI=1S/C22H19N3O3/c1-14-6-8-18(9-7-14)24-21(27)17-10-11-23-20(13-17)22(28)25-19-5-3-4-16(12-19)15(2)26/h3-13H,1-2H3,(H,24,27)(H,25,28). The van der Waals surface area contributed by atoms with E-state index in [0.717, 1.165) is 5.56 Å². The van der Waals surface area contributed by atoms with Crippen LogP contribution in [0.1, 0.15) is 43.7 Å². The lowest BCUT2D eigenvalue weighted by atomic mass is 10.1. The molecule has 28 heavy (non-hydrogen) atoms. The second-order valence-electron chi connectivity index (χ2n) is 6.34. The first-order valence-electron chi connectivity index (χ1n) is 8.69. The SMILES string of the molecule is CC(=O)c1cccc(NC(=O)c2cc(C(=O)Nc3ccc(C)cc3)ccn2)c1. The third kappa shape index (κ3) is 4.67. The average molecular weight is 373 g/mol. The molecule has 0 aliphatic carbocycles. The van der Waals surface area contributed by atoms with Gasteiger partial charge in [-0.3, -0.25) is 19.4 Å². The Labute approximate surface area is 162 Å². The van der Waals surface area contributed by atoms with E-state index in [4.69, 9.17) is 0 Å². The summed E-state index contributed by atoms with van der Waals surface area (Å²) in [6.07, 6.45) is 1.41. The van der Waals surface area contributed by atoms with Crippen LogP contribution in [-0.4, -0.2) is 22.6 Å². The van der Waals surface area contributed by atoms with Crippen LogP contribution in [0, 0.1) is 6.92 Å². The van der Waals surface area contributed by atoms with Crippen molar-refractivity contribution in [1.82, 2.24) is 4.98 Å². The molecular formula is C22H19N3O3. The van der Waals surface area contributed by atoms with Gasteiger partial charge in [0.25, 0.3) is 11.8 Å². The number of ketones is 1. The van der Waals surface area contributed by atoms with Gasteiger partial charge in [-0.15, -0.1) is 0 Å². The van der Waals surface area contributed by atoms with Crippen molar-refractivity contribution in [3.8, 4) is 0 Å². The molecule has 2 amide bonds. The topological polar surface area (TPSA) is 88.2 Å². The summed E-state index contributed by atoms with van der Waals surface area (Å²) in [5.41, 5.74) is 3.16. The van der Waals surface area contributed by atoms with Crippen molar-refractivity contribution < 1.29 is 14.4 Å². The molecule has 0 saturated heterocycles. The van der Waals surface area contributed by atoms with Gasteiger partial charge < -0.3 is 10.6 Å². The number of carbonyl (C=O) groups is 3. The highest BCUT2D eigenvalue weighted by molar-refractivity contribution is 6.08. The molecule has 6 heteroatoms. The lowest BCUT2D eigenvalue weighted by Gasteiger charge is -2.08. The lowest BCUT2D eigenvalue weighted by Crippen LogP contribution is -2.17. The van der Waals surface area contributed by atoms with Crippen LogP contribution in [0.3, 0.4) is 0 Å². The molecule has 0 radical (unpaired) electrons. The van der Waals surface area contributed by atoms with Crippen molar-refractivity contribution in [2.45, 2.75) is 13.8 Å². The van der Waals surface area contributed by atoms with Gasteiger partial charge in [0.15, 0.2) is 5.78 Å². The molecule has 1 aromatic heterocycles. The van der Waals surface area contributed by atoms with Gasteiger partial charge in [0.05, 0.1) is 0 Å². The first-order valence-corrected chi connectivity index (χ1v) is 8.69. The molecule has 6 nitrogen and oxygen atoms in total. The predicted octanol–water partition coefficient (Wildman–Crippen LogP) is 4.10. The van der Waals surface area contributed by atoms with Crippen LogP contribution in [0.15, 0.2) is 66.9 Å². The smallest absolute Gasteiger partial charge is 0.274 e. The number of hydrogen-bond donors (Lipinski definition) is 2. The first kappa shape index (κ1) is 19.0. The molecule has 2 aromatic carbocycles. The molecule has 3 rings (SSSR count). The maximum Gasteiger partial charge on any atom is 0.274 e. The van der Waals surface area contributed by atoms with Gasteiger partial charge in [-0.1, -0.05) is 29.8 Å². The molecule has 0 saturated carbocycles. The second-order valence-corrected chi connectivity index (χ2v) is 6.34. The van der Waals surface area contributed by atoms with Crippen LogP contribution < -0.4 is 10.6 Å². The summed E-state index contributed by atoms with van der Waals surface area (Å²) >= 11 is 0. The first-order chi connectivity index (χ1) is 13.4. The number of aromatic nitrogens is 1. The second kappa shape index (κ2) is 8.26. The minimum Gasteiger partial charge on any atom is -0.322 e. The highest BCUT2D eigenvalue weighted by Gasteiger charge is 2.13. The van der Waals surface area contributed by atoms with E-state index in [2.05, 4.69) is 15.6 Å². The van der Waals surface area contributed by atoms with Gasteiger partial charge in [0.2, 0.25) is 0 Å². The van der Waals surface area contributed by atoms with Crippen LogP contribution >= 0.6 is 0 Å². The number of pyridine rings is 1. The molecule has 3 aromatic rings. The Bertz CT molecular complexity index is 1040. The van der Waals surface area contributed by atoms with Crippen molar-refractivity contribution >= 4 is 29.0 Å². The third-order valence-corrected chi connectivity index (χ3v) is 4.09. The van der Waals surface area contributed by atoms with E-state index in [1.165, 1.54) is 25.3 Å². The number of Topliss-reactive ketones (excluding diaryl/α,β-unsaturated/α-hetero) is 1. The van der Waals surface area contributed by atoms with E-state index in [0.29, 0.717) is 22.5 Å². The van der Waals surface area contributed by atoms with Crippen molar-refractivity contribution in [2.24, 2.45) is 0 Å². The Morgan fingerprint density at radius 3 is 2.21 bits per heavy atom. The number of aryl methyl sites for hydroxylation is 1. The molecule has 0 fully saturated rings. The van der Waals surface area contributed by atoms with Gasteiger partial charge >= 0.3 is 0 Å². The molecule has 0 spiro atoms. The summed E-state index contributed by atoms with van der Waals surface area (Å²) < 4.78 is 0. The Morgan fingerprint density at radius 1 is 0.786 bits per heavy atom. The molecule has 0 aliphatic rings. The summed E-state index contributed by atoms with van der Waals surface area (Å²) in [6, 6.07) is 17.0. The molecule has 2 N–H and O–H groups in total. The number of benzene rings is 2. The van der Waals surface area contributed by atoms with Crippen molar-refractivity contribution in [3.05, 3.63) is 89.2 Å². The summed E-state index contributed by atoms with van der Waals surface area (Å²) in [5, 5.41) is 5.48. The summed E-state index contributed by atoms with van der Waals surface area (Å²) in [4.78, 5) is 40.4. The van der Waals surface area contributed by atoms with Gasteiger partial charge in [-0.2, -0.15) is 0 Å². The number of nitrogens with one attached hydrogen (secondary N) is 2. The third-order valence-electron chi connectivity index (χ3n) is 4.09. The Morgan fingerprint density at radius 2 is 1.50 bits per heavy atom. The fraction of sp³-hybridized carbons (Fsp3) is 0.0909. The van der Waals surface area contributed by atoms with Gasteiger partial charge in [0, 0.05) is 28.7 Å². The molecule has 1 heterocycles. The number of amides is 2. The van der Waals surface area contributed by atoms with E-state index in [-0.39, 0.29) is 17.4 Å². The zero-order valence-corrected chi connectivity index (χ0v) is 15.5. The summed E-state index contributed by atoms with van der Waals surface area (Å²) in [5.74, 6) is -0.895. The maximum absolute atomic E-state index is 12.5. The molecular weight excluding hydrogens is 354 g/mol. The zero-order chi connectivity index (χ0) is 20.1. The van der Waals surface area contributed by atoms with Crippen LogP contribution in [0.4, 0.5) is 11.4 Å². The summed E-state index contributed by atoms with van der Waals surface area (Å²) in [7, 11) is 0. The minimum atomic E-state index is -0.467. The van der Waals surface area contributed by atoms with Crippen LogP contribution in [0.25, 0.3) is 0 Å². The van der Waals surface area contributed by atoms with Gasteiger partial charge in [0.1, 0.15) is 5.69 Å². The van der Waals surface area contributed by atoms with Gasteiger partial charge in [-0.25, -0.2) is 0 Å². The lowest BCUT2D eigenvalue weighted by molar-refractivity contribution is 0.100. The molecule has 0 aliphatic heterocycles. The number of hydrogen-bond acceptors (Lipinski definition) is 4. The van der Waals surface area contributed by atoms with E-state index in [9.17, 15) is 14.4 Å². The number of rotatable bonds is 5. The van der Waals surface area contributed by atoms with Gasteiger partial charge in [-0.05, 0) is 50.2 Å².